The number of alkyl carbamates (subject to hydrolysis) is 1. The molecule has 1 saturated carbocycles. The Balaban J connectivity index is 1.78. The van der Waals surface area contributed by atoms with Crippen LogP contribution in [0.1, 0.15) is 104 Å². The number of carbonyl (C=O) groups is 6. The number of fused-ring (bicyclic) bond motifs is 2. The Morgan fingerprint density at radius 2 is 1.62 bits per heavy atom. The van der Waals surface area contributed by atoms with Gasteiger partial charge in [-0.1, -0.05) is 25.0 Å². The quantitative estimate of drug-likeness (QED) is 0.131. The highest BCUT2D eigenvalue weighted by atomic mass is 16.6. The van der Waals surface area contributed by atoms with Crippen LogP contribution in [0.3, 0.4) is 0 Å². The maximum absolute atomic E-state index is 14.9. The van der Waals surface area contributed by atoms with E-state index < -0.39 is 81.7 Å². The number of rotatable bonds is 6. The molecule has 0 aromatic heterocycles. The summed E-state index contributed by atoms with van der Waals surface area (Å²) in [5, 5.41) is 13.8. The van der Waals surface area contributed by atoms with Crippen molar-refractivity contribution in [3.8, 4) is 0 Å². The third kappa shape index (κ3) is 10.1. The second-order valence-corrected chi connectivity index (χ2v) is 15.4. The van der Waals surface area contributed by atoms with Crippen LogP contribution in [0.4, 0.5) is 15.3 Å². The van der Waals surface area contributed by atoms with E-state index in [-0.39, 0.29) is 43.7 Å². The highest BCUT2D eigenvalue weighted by Gasteiger charge is 2.69. The zero-order valence-corrected chi connectivity index (χ0v) is 31.4. The first kappa shape index (κ1) is 40.7. The molecule has 2 fully saturated rings. The van der Waals surface area contributed by atoms with E-state index in [4.69, 9.17) is 18.9 Å². The maximum atomic E-state index is 14.9. The number of esters is 2. The number of nitro benzene ring substituents is 1. The lowest BCUT2D eigenvalue weighted by Gasteiger charge is -2.35. The minimum Gasteiger partial charge on any atom is -0.464 e. The second kappa shape index (κ2) is 16.3. The summed E-state index contributed by atoms with van der Waals surface area (Å²) in [7, 11) is 0. The van der Waals surface area contributed by atoms with Gasteiger partial charge in [0.1, 0.15) is 29.4 Å². The molecule has 0 radical (unpaired) electrons. The van der Waals surface area contributed by atoms with Crippen molar-refractivity contribution in [2.75, 3.05) is 13.2 Å². The van der Waals surface area contributed by atoms with Crippen LogP contribution >= 0.6 is 0 Å². The third-order valence-corrected chi connectivity index (χ3v) is 8.95. The average molecular weight is 743 g/mol. The van der Waals surface area contributed by atoms with E-state index in [9.17, 15) is 38.9 Å². The van der Waals surface area contributed by atoms with E-state index in [1.807, 2.05) is 6.08 Å². The molecule has 2 aliphatic heterocycles. The molecule has 0 spiro atoms. The number of carbonyl (C=O) groups excluding carboxylic acids is 6. The first-order valence-corrected chi connectivity index (χ1v) is 17.9. The van der Waals surface area contributed by atoms with Crippen molar-refractivity contribution in [2.45, 2.75) is 128 Å². The molecule has 290 valence electrons. The Kier molecular flexibility index (Phi) is 12.6. The Labute approximate surface area is 308 Å². The number of non-ortho nitro benzene ring substituents is 1. The van der Waals surface area contributed by atoms with Crippen molar-refractivity contribution < 1.29 is 52.6 Å². The lowest BCUT2D eigenvalue weighted by atomic mass is 10.0. The Morgan fingerprint density at radius 1 is 0.962 bits per heavy atom. The van der Waals surface area contributed by atoms with Crippen LogP contribution in [0, 0.1) is 16.0 Å². The van der Waals surface area contributed by atoms with Gasteiger partial charge in [0.2, 0.25) is 5.91 Å². The highest BCUT2D eigenvalue weighted by molar-refractivity contribution is 6.05. The Bertz CT molecular complexity index is 1610. The van der Waals surface area contributed by atoms with E-state index in [1.54, 1.807) is 54.5 Å². The lowest BCUT2D eigenvalue weighted by molar-refractivity contribution is -0.384. The molecule has 3 aliphatic rings. The van der Waals surface area contributed by atoms with Gasteiger partial charge in [-0.25, -0.2) is 24.1 Å². The molecule has 4 rings (SSSR count). The molecule has 16 nitrogen and oxygen atoms in total. The van der Waals surface area contributed by atoms with Crippen LogP contribution in [0.25, 0.3) is 0 Å². The van der Waals surface area contributed by atoms with Crippen molar-refractivity contribution in [1.82, 2.24) is 15.1 Å². The number of hydrogen-bond acceptors (Lipinski definition) is 12. The van der Waals surface area contributed by atoms with E-state index in [0.717, 1.165) is 28.4 Å². The summed E-state index contributed by atoms with van der Waals surface area (Å²) in [4.78, 5) is 95.8. The summed E-state index contributed by atoms with van der Waals surface area (Å²) in [5.74, 6) is -3.89. The van der Waals surface area contributed by atoms with Gasteiger partial charge in [-0.15, -0.1) is 0 Å². The number of ether oxygens (including phenoxy) is 4. The fourth-order valence-electron chi connectivity index (χ4n) is 6.50. The Hall–Kier alpha value is -5.02. The molecule has 53 heavy (non-hydrogen) atoms. The SMILES string of the molecule is CCOC(=O)[C@@]12CC1/C=C\CCCCC[C@H](NC(=O)OC(C)(C)C)C(=O)N1C[C@H](OC(=O)c3ccc([N+](=O)[O-])cc3)C[C@H]1C(=O)N2C(=O)OC(C)(C)C. The molecule has 5 atom stereocenters. The van der Waals surface area contributed by atoms with Gasteiger partial charge in [-0.05, 0) is 86.3 Å². The predicted molar refractivity (Wildman–Crippen MR) is 188 cm³/mol. The average Bonchev–Trinajstić information content (AvgIpc) is 3.61. The number of nitro groups is 1. The largest absolute Gasteiger partial charge is 0.464 e. The minimum absolute atomic E-state index is 0.00793. The van der Waals surface area contributed by atoms with Gasteiger partial charge in [0.25, 0.3) is 11.6 Å². The second-order valence-electron chi connectivity index (χ2n) is 15.4. The molecule has 0 bridgehead atoms. The van der Waals surface area contributed by atoms with Crippen molar-refractivity contribution in [2.24, 2.45) is 5.92 Å². The van der Waals surface area contributed by atoms with Crippen LogP contribution in [-0.2, 0) is 33.3 Å². The molecule has 2 heterocycles. The smallest absolute Gasteiger partial charge is 0.418 e. The first-order valence-electron chi connectivity index (χ1n) is 17.9. The van der Waals surface area contributed by atoms with Crippen LogP contribution in [-0.4, -0.2) is 98.7 Å². The number of amides is 4. The van der Waals surface area contributed by atoms with Gasteiger partial charge >= 0.3 is 24.1 Å². The van der Waals surface area contributed by atoms with Gasteiger partial charge in [0.05, 0.1) is 23.6 Å². The third-order valence-electron chi connectivity index (χ3n) is 8.95. The summed E-state index contributed by atoms with van der Waals surface area (Å²) in [6.45, 7) is 11.1. The molecular formula is C37H50N4O12. The Morgan fingerprint density at radius 3 is 2.23 bits per heavy atom. The summed E-state index contributed by atoms with van der Waals surface area (Å²) in [5.41, 5.74) is -3.97. The molecular weight excluding hydrogens is 692 g/mol. The van der Waals surface area contributed by atoms with Gasteiger partial charge < -0.3 is 29.2 Å². The first-order chi connectivity index (χ1) is 24.8. The van der Waals surface area contributed by atoms with E-state index in [2.05, 4.69) is 5.32 Å². The summed E-state index contributed by atoms with van der Waals surface area (Å²) in [6, 6.07) is 2.12. The molecule has 1 N–H and O–H groups in total. The van der Waals surface area contributed by atoms with Crippen molar-refractivity contribution >= 4 is 41.6 Å². The standard InChI is InChI=1S/C37H50N4O12/c1-8-50-32(45)37-21-24(37)14-12-10-9-11-13-15-27(38-33(46)52-35(2,3)4)29(42)39-22-26(51-31(44)23-16-18-25(19-17-23)41(48)49)20-28(39)30(43)40(37)34(47)53-36(5,6)7/h12,14,16-19,24,26-28H,8-11,13,15,20-22H2,1-7H3,(H,38,46)/b14-12-/t24?,26-,27+,28+,37-/m1/s1. The predicted octanol–water partition coefficient (Wildman–Crippen LogP) is 5.22. The van der Waals surface area contributed by atoms with Crippen LogP contribution in [0.2, 0.25) is 0 Å². The van der Waals surface area contributed by atoms with E-state index in [1.165, 1.54) is 12.1 Å². The van der Waals surface area contributed by atoms with Crippen LogP contribution < -0.4 is 5.32 Å². The topological polar surface area (TPSA) is 201 Å². The van der Waals surface area contributed by atoms with Crippen molar-refractivity contribution in [1.29, 1.82) is 0 Å². The maximum Gasteiger partial charge on any atom is 0.418 e. The number of nitrogens with one attached hydrogen (secondary N) is 1. The number of nitrogens with zero attached hydrogens (tertiary/aromatic N) is 3. The number of benzene rings is 1. The molecule has 1 aromatic rings. The van der Waals surface area contributed by atoms with Crippen molar-refractivity contribution in [3.05, 3.63) is 52.1 Å². The lowest BCUT2D eigenvalue weighted by Crippen LogP contribution is -2.60. The zero-order chi connectivity index (χ0) is 39.3. The molecule has 1 aliphatic carbocycles. The normalized spacial score (nSPS) is 25.8. The fraction of sp³-hybridized carbons (Fsp3) is 0.622. The van der Waals surface area contributed by atoms with Crippen LogP contribution in [0.15, 0.2) is 36.4 Å². The van der Waals surface area contributed by atoms with E-state index in [0.29, 0.717) is 19.3 Å². The van der Waals surface area contributed by atoms with E-state index >= 15 is 0 Å². The number of allylic oxidation sites excluding steroid dienone is 1. The van der Waals surface area contributed by atoms with Gasteiger partial charge in [0, 0.05) is 24.5 Å². The molecule has 4 amide bonds. The molecule has 1 unspecified atom stereocenters. The van der Waals surface area contributed by atoms with Gasteiger partial charge in [0.15, 0.2) is 5.54 Å². The number of imide groups is 1. The molecule has 16 heteroatoms. The monoisotopic (exact) mass is 742 g/mol. The highest BCUT2D eigenvalue weighted by Crippen LogP contribution is 2.52. The molecule has 1 saturated heterocycles. The fourth-order valence-corrected chi connectivity index (χ4v) is 6.50. The van der Waals surface area contributed by atoms with Gasteiger partial charge in [-0.3, -0.25) is 19.7 Å². The molecule has 1 aromatic carbocycles. The zero-order valence-electron chi connectivity index (χ0n) is 31.4. The minimum atomic E-state index is -1.76. The summed E-state index contributed by atoms with van der Waals surface area (Å²) >= 11 is 0. The van der Waals surface area contributed by atoms with Gasteiger partial charge in [-0.2, -0.15) is 0 Å². The van der Waals surface area contributed by atoms with Crippen LogP contribution in [0.5, 0.6) is 0 Å². The summed E-state index contributed by atoms with van der Waals surface area (Å²) < 4.78 is 22.3. The van der Waals surface area contributed by atoms with Crippen molar-refractivity contribution in [3.63, 3.8) is 0 Å². The summed E-state index contributed by atoms with van der Waals surface area (Å²) in [6.07, 6.45) is 3.19. The number of hydrogen-bond donors (Lipinski definition) is 1.